The zero-order chi connectivity index (χ0) is 20.9. The molecule has 0 aliphatic carbocycles. The van der Waals surface area contributed by atoms with Crippen molar-refractivity contribution in [2.75, 3.05) is 40.4 Å². The van der Waals surface area contributed by atoms with Gasteiger partial charge in [0, 0.05) is 32.7 Å². The molecule has 7 heteroatoms. The molecule has 4 rings (SSSR count). The van der Waals surface area contributed by atoms with Gasteiger partial charge in [0.2, 0.25) is 0 Å². The Morgan fingerprint density at radius 2 is 1.73 bits per heavy atom. The van der Waals surface area contributed by atoms with Crippen molar-refractivity contribution in [2.24, 2.45) is 4.99 Å². The summed E-state index contributed by atoms with van der Waals surface area (Å²) in [6, 6.07) is 16.1. The number of nitrogens with zero attached hydrogens (tertiary/aromatic N) is 3. The lowest BCUT2D eigenvalue weighted by Gasteiger charge is -2.35. The summed E-state index contributed by atoms with van der Waals surface area (Å²) in [5.74, 6) is 1.12. The molecule has 2 aliphatic heterocycles. The molecule has 2 aromatic rings. The van der Waals surface area contributed by atoms with Gasteiger partial charge in [-0.1, -0.05) is 36.4 Å². The fourth-order valence-corrected chi connectivity index (χ4v) is 4.53. The summed E-state index contributed by atoms with van der Waals surface area (Å²) in [6.07, 6.45) is 1.86. The first-order chi connectivity index (χ1) is 14.7. The number of hydrogen-bond acceptors (Lipinski definition) is 6. The van der Waals surface area contributed by atoms with E-state index in [1.165, 1.54) is 17.3 Å². The van der Waals surface area contributed by atoms with Gasteiger partial charge in [-0.05, 0) is 41.1 Å². The third-order valence-electron chi connectivity index (χ3n) is 5.21. The first-order valence-corrected chi connectivity index (χ1v) is 10.7. The molecular weight excluding hydrogens is 398 g/mol. The number of amides is 1. The van der Waals surface area contributed by atoms with E-state index in [0.717, 1.165) is 43.5 Å². The van der Waals surface area contributed by atoms with Gasteiger partial charge in [0.15, 0.2) is 16.7 Å². The maximum absolute atomic E-state index is 12.4. The monoisotopic (exact) mass is 423 g/mol. The first-order valence-electron chi connectivity index (χ1n) is 9.92. The van der Waals surface area contributed by atoms with Crippen LogP contribution in [0, 0.1) is 0 Å². The molecule has 2 heterocycles. The van der Waals surface area contributed by atoms with Crippen LogP contribution in [-0.2, 0) is 11.3 Å². The lowest BCUT2D eigenvalue weighted by molar-refractivity contribution is -0.113. The van der Waals surface area contributed by atoms with Crippen LogP contribution in [0.25, 0.3) is 6.08 Å². The standard InChI is InChI=1S/C23H25N3O3S/c1-28-19-9-8-18(14-20(19)29-2)15-21-22(27)24-23(30-21)26-12-10-25(11-13-26)16-17-6-4-3-5-7-17/h3-9,14-15H,10-13,16H2,1-2H3. The molecule has 0 N–H and O–H groups in total. The molecule has 0 atom stereocenters. The number of thioether (sulfide) groups is 1. The Bertz CT molecular complexity index is 967. The van der Waals surface area contributed by atoms with Crippen LogP contribution in [0.4, 0.5) is 0 Å². The summed E-state index contributed by atoms with van der Waals surface area (Å²) in [4.78, 5) is 22.0. The predicted molar refractivity (Wildman–Crippen MR) is 121 cm³/mol. The van der Waals surface area contributed by atoms with Gasteiger partial charge < -0.3 is 14.4 Å². The molecule has 2 aromatic carbocycles. The summed E-state index contributed by atoms with van der Waals surface area (Å²) < 4.78 is 10.6. The molecule has 0 spiro atoms. The fraction of sp³-hybridized carbons (Fsp3) is 0.304. The van der Waals surface area contributed by atoms with Crippen LogP contribution < -0.4 is 9.47 Å². The van der Waals surface area contributed by atoms with Gasteiger partial charge in [0.1, 0.15) is 0 Å². The van der Waals surface area contributed by atoms with Gasteiger partial charge in [-0.2, -0.15) is 4.99 Å². The Morgan fingerprint density at radius 3 is 2.43 bits per heavy atom. The molecule has 0 radical (unpaired) electrons. The molecule has 1 saturated heterocycles. The van der Waals surface area contributed by atoms with E-state index in [2.05, 4.69) is 39.1 Å². The number of ether oxygens (including phenoxy) is 2. The first kappa shape index (κ1) is 20.5. The average molecular weight is 424 g/mol. The number of amidine groups is 1. The van der Waals surface area contributed by atoms with E-state index in [0.29, 0.717) is 16.4 Å². The highest BCUT2D eigenvalue weighted by Gasteiger charge is 2.28. The number of carbonyl (C=O) groups excluding carboxylic acids is 1. The zero-order valence-corrected chi connectivity index (χ0v) is 18.0. The maximum atomic E-state index is 12.4. The van der Waals surface area contributed by atoms with Crippen LogP contribution >= 0.6 is 11.8 Å². The average Bonchev–Trinajstić information content (AvgIpc) is 3.15. The van der Waals surface area contributed by atoms with Crippen molar-refractivity contribution < 1.29 is 14.3 Å². The third-order valence-corrected chi connectivity index (χ3v) is 6.25. The van der Waals surface area contributed by atoms with E-state index in [-0.39, 0.29) is 5.91 Å². The predicted octanol–water partition coefficient (Wildman–Crippen LogP) is 3.49. The molecule has 30 heavy (non-hydrogen) atoms. The number of carbonyl (C=O) groups is 1. The van der Waals surface area contributed by atoms with Crippen molar-refractivity contribution in [2.45, 2.75) is 6.54 Å². The summed E-state index contributed by atoms with van der Waals surface area (Å²) in [7, 11) is 3.20. The van der Waals surface area contributed by atoms with Crippen molar-refractivity contribution >= 4 is 28.9 Å². The quantitative estimate of drug-likeness (QED) is 0.687. The second-order valence-electron chi connectivity index (χ2n) is 7.17. The lowest BCUT2D eigenvalue weighted by atomic mass is 10.2. The Balaban J connectivity index is 1.37. The smallest absolute Gasteiger partial charge is 0.286 e. The van der Waals surface area contributed by atoms with Crippen LogP contribution in [0.2, 0.25) is 0 Å². The highest BCUT2D eigenvalue weighted by molar-refractivity contribution is 8.18. The van der Waals surface area contributed by atoms with Crippen LogP contribution in [0.3, 0.4) is 0 Å². The summed E-state index contributed by atoms with van der Waals surface area (Å²) in [5, 5.41) is 0.797. The van der Waals surface area contributed by atoms with Gasteiger partial charge >= 0.3 is 0 Å². The maximum Gasteiger partial charge on any atom is 0.286 e. The Labute approximate surface area is 181 Å². The molecule has 2 aliphatic rings. The molecule has 1 amide bonds. The van der Waals surface area contributed by atoms with E-state index >= 15 is 0 Å². The van der Waals surface area contributed by atoms with E-state index in [1.54, 1.807) is 14.2 Å². The number of hydrogen-bond donors (Lipinski definition) is 0. The summed E-state index contributed by atoms with van der Waals surface area (Å²) in [6.45, 7) is 4.61. The zero-order valence-electron chi connectivity index (χ0n) is 17.2. The highest BCUT2D eigenvalue weighted by Crippen LogP contribution is 2.33. The normalized spacial score (nSPS) is 18.6. The minimum Gasteiger partial charge on any atom is -0.493 e. The molecule has 0 unspecified atom stereocenters. The van der Waals surface area contributed by atoms with Crippen LogP contribution in [0.15, 0.2) is 58.4 Å². The molecule has 156 valence electrons. The lowest BCUT2D eigenvalue weighted by Crippen LogP contribution is -2.47. The Hall–Kier alpha value is -2.77. The van der Waals surface area contributed by atoms with E-state index in [9.17, 15) is 4.79 Å². The molecule has 0 aromatic heterocycles. The molecule has 0 bridgehead atoms. The van der Waals surface area contributed by atoms with E-state index < -0.39 is 0 Å². The SMILES string of the molecule is COc1ccc(C=C2SC(N3CCN(Cc4ccccc4)CC3)=NC2=O)cc1OC. The van der Waals surface area contributed by atoms with Crippen molar-refractivity contribution in [1.82, 2.24) is 9.80 Å². The summed E-state index contributed by atoms with van der Waals surface area (Å²) >= 11 is 1.45. The number of rotatable bonds is 5. The molecule has 0 saturated carbocycles. The van der Waals surface area contributed by atoms with Gasteiger partial charge in [-0.15, -0.1) is 0 Å². The van der Waals surface area contributed by atoms with Gasteiger partial charge in [-0.25, -0.2) is 0 Å². The van der Waals surface area contributed by atoms with Crippen LogP contribution in [0.5, 0.6) is 11.5 Å². The van der Waals surface area contributed by atoms with Crippen molar-refractivity contribution in [3.63, 3.8) is 0 Å². The van der Waals surface area contributed by atoms with E-state index in [1.807, 2.05) is 30.3 Å². The largest absolute Gasteiger partial charge is 0.493 e. The van der Waals surface area contributed by atoms with Crippen molar-refractivity contribution in [3.8, 4) is 11.5 Å². The summed E-state index contributed by atoms with van der Waals surface area (Å²) in [5.41, 5.74) is 2.21. The second kappa shape index (κ2) is 9.36. The third kappa shape index (κ3) is 4.68. The minimum absolute atomic E-state index is 0.184. The van der Waals surface area contributed by atoms with Gasteiger partial charge in [0.05, 0.1) is 19.1 Å². The fourth-order valence-electron chi connectivity index (χ4n) is 3.57. The second-order valence-corrected chi connectivity index (χ2v) is 8.18. The van der Waals surface area contributed by atoms with Crippen molar-refractivity contribution in [3.05, 3.63) is 64.6 Å². The number of methoxy groups -OCH3 is 2. The molecular formula is C23H25N3O3S. The molecule has 6 nitrogen and oxygen atoms in total. The number of benzene rings is 2. The van der Waals surface area contributed by atoms with Gasteiger partial charge in [-0.3, -0.25) is 9.69 Å². The Kier molecular flexibility index (Phi) is 6.40. The highest BCUT2D eigenvalue weighted by atomic mass is 32.2. The Morgan fingerprint density at radius 1 is 1.00 bits per heavy atom. The van der Waals surface area contributed by atoms with Gasteiger partial charge in [0.25, 0.3) is 5.91 Å². The molecule has 1 fully saturated rings. The van der Waals surface area contributed by atoms with Crippen LogP contribution in [0.1, 0.15) is 11.1 Å². The van der Waals surface area contributed by atoms with Crippen LogP contribution in [-0.4, -0.2) is 61.3 Å². The number of piperazine rings is 1. The van der Waals surface area contributed by atoms with E-state index in [4.69, 9.17) is 9.47 Å². The number of aliphatic imine (C=N–C) groups is 1. The minimum atomic E-state index is -0.184. The van der Waals surface area contributed by atoms with Crippen molar-refractivity contribution in [1.29, 1.82) is 0 Å². The topological polar surface area (TPSA) is 54.4 Å².